The molecule has 0 amide bonds. The summed E-state index contributed by atoms with van der Waals surface area (Å²) in [4.78, 5) is 17.1. The van der Waals surface area contributed by atoms with E-state index in [1.807, 2.05) is 42.5 Å². The Morgan fingerprint density at radius 3 is 2.35 bits per heavy atom. The summed E-state index contributed by atoms with van der Waals surface area (Å²) in [5.74, 6) is 0.816. The lowest BCUT2D eigenvalue weighted by Gasteiger charge is -2.26. The number of ketones is 1. The van der Waals surface area contributed by atoms with Gasteiger partial charge in [0.05, 0.1) is 5.92 Å². The second kappa shape index (κ2) is 10.1. The van der Waals surface area contributed by atoms with Crippen LogP contribution in [0, 0.1) is 0 Å². The van der Waals surface area contributed by atoms with E-state index in [0.717, 1.165) is 41.4 Å². The van der Waals surface area contributed by atoms with Crippen molar-refractivity contribution in [3.8, 4) is 17.2 Å². The molecule has 0 unspecified atom stereocenters. The topological polar surface area (TPSA) is 70.0 Å². The van der Waals surface area contributed by atoms with Crippen molar-refractivity contribution in [3.05, 3.63) is 83.4 Å². The van der Waals surface area contributed by atoms with E-state index in [-0.39, 0.29) is 28.5 Å². The first-order valence-corrected chi connectivity index (χ1v) is 12.7. The van der Waals surface area contributed by atoms with Gasteiger partial charge in [-0.1, -0.05) is 24.6 Å². The first-order valence-electron chi connectivity index (χ1n) is 11.9. The zero-order chi connectivity index (χ0) is 23.5. The number of fused-ring (bicyclic) bond motifs is 1. The molecule has 6 heteroatoms. The number of nitrogens with zero attached hydrogens (tertiary/aromatic N) is 1. The maximum atomic E-state index is 13.7. The highest BCUT2D eigenvalue weighted by Crippen LogP contribution is 2.56. The molecule has 0 radical (unpaired) electrons. The highest BCUT2D eigenvalue weighted by atomic mass is 32.2. The van der Waals surface area contributed by atoms with Gasteiger partial charge in [0.2, 0.25) is 0 Å². The lowest BCUT2D eigenvalue weighted by atomic mass is 9.85. The Balaban J connectivity index is 1.32. The number of carbonyl (C=O) groups is 1. The molecule has 2 N–H and O–H groups in total. The van der Waals surface area contributed by atoms with E-state index in [9.17, 15) is 15.0 Å². The lowest BCUT2D eigenvalue weighted by molar-refractivity contribution is 0.0958. The van der Waals surface area contributed by atoms with Gasteiger partial charge in [-0.2, -0.15) is 0 Å². The molecule has 3 aromatic carbocycles. The number of thioether (sulfide) groups is 1. The van der Waals surface area contributed by atoms with Crippen LogP contribution in [0.15, 0.2) is 71.6 Å². The maximum Gasteiger partial charge on any atom is 0.171 e. The molecule has 1 fully saturated rings. The minimum absolute atomic E-state index is 0.0369. The van der Waals surface area contributed by atoms with Crippen molar-refractivity contribution in [2.24, 2.45) is 0 Å². The van der Waals surface area contributed by atoms with Gasteiger partial charge >= 0.3 is 0 Å². The Labute approximate surface area is 204 Å². The number of phenolic OH excluding ortho intramolecular Hbond substituents is 2. The lowest BCUT2D eigenvalue weighted by Crippen LogP contribution is -2.33. The number of rotatable bonds is 7. The molecule has 176 valence electrons. The van der Waals surface area contributed by atoms with Gasteiger partial charge < -0.3 is 14.9 Å². The van der Waals surface area contributed by atoms with Gasteiger partial charge in [0.25, 0.3) is 0 Å². The van der Waals surface area contributed by atoms with Crippen molar-refractivity contribution < 1.29 is 19.7 Å². The number of carbonyl (C=O) groups excluding carboxylic acids is 1. The molecule has 2 aliphatic rings. The van der Waals surface area contributed by atoms with Gasteiger partial charge in [0.1, 0.15) is 23.9 Å². The number of likely N-dealkylation sites (tertiary alicyclic amines) is 1. The van der Waals surface area contributed by atoms with Gasteiger partial charge in [-0.3, -0.25) is 9.69 Å². The molecule has 0 aromatic heterocycles. The third-order valence-electron chi connectivity index (χ3n) is 6.66. The quantitative estimate of drug-likeness (QED) is 0.423. The van der Waals surface area contributed by atoms with Crippen LogP contribution in [-0.4, -0.2) is 47.1 Å². The van der Waals surface area contributed by atoms with E-state index in [2.05, 4.69) is 4.90 Å². The van der Waals surface area contributed by atoms with Crippen LogP contribution in [0.3, 0.4) is 0 Å². The van der Waals surface area contributed by atoms with Gasteiger partial charge in [-0.15, -0.1) is 11.8 Å². The van der Waals surface area contributed by atoms with Gasteiger partial charge in [-0.05, 0) is 85.6 Å². The molecule has 5 rings (SSSR count). The summed E-state index contributed by atoms with van der Waals surface area (Å²) in [5, 5.41) is 19.5. The van der Waals surface area contributed by atoms with Crippen LogP contribution >= 0.6 is 11.8 Å². The second-order valence-electron chi connectivity index (χ2n) is 8.97. The number of hydrogen-bond donors (Lipinski definition) is 2. The van der Waals surface area contributed by atoms with Crippen LogP contribution in [-0.2, 0) is 0 Å². The Kier molecular flexibility index (Phi) is 6.79. The molecule has 34 heavy (non-hydrogen) atoms. The zero-order valence-electron chi connectivity index (χ0n) is 19.0. The molecule has 0 saturated carbocycles. The summed E-state index contributed by atoms with van der Waals surface area (Å²) in [6.45, 7) is 3.87. The SMILES string of the molecule is O=C(c1ccc(OCCN2CCCCC2)cc1)[C@H]1c2ccc(O)cc2S[C@@H]1c1ccc(O)cc1. The van der Waals surface area contributed by atoms with Crippen LogP contribution in [0.25, 0.3) is 0 Å². The fraction of sp³-hybridized carbons (Fsp3) is 0.321. The minimum Gasteiger partial charge on any atom is -0.508 e. The van der Waals surface area contributed by atoms with Crippen molar-refractivity contribution >= 4 is 17.5 Å². The Morgan fingerprint density at radius 1 is 0.912 bits per heavy atom. The number of Topliss-reactive ketones (excluding diaryl/α,β-unsaturated/α-hetero) is 1. The summed E-state index contributed by atoms with van der Waals surface area (Å²) in [6, 6.07) is 19.7. The molecule has 5 nitrogen and oxygen atoms in total. The average Bonchev–Trinajstić information content (AvgIpc) is 3.23. The maximum absolute atomic E-state index is 13.7. The standard InChI is InChI=1S/C28H29NO4S/c30-21-8-4-20(5-9-21)28-26(24-13-10-22(31)18-25(24)34-28)27(32)19-6-11-23(12-7-19)33-17-16-29-14-2-1-3-15-29/h4-13,18,26,28,30-31H,1-3,14-17H2/t26-,28-/m1/s1. The Morgan fingerprint density at radius 2 is 1.62 bits per heavy atom. The number of piperidine rings is 1. The summed E-state index contributed by atoms with van der Waals surface area (Å²) in [5.41, 5.74) is 2.53. The highest BCUT2D eigenvalue weighted by Gasteiger charge is 2.39. The van der Waals surface area contributed by atoms with Crippen LogP contribution in [0.5, 0.6) is 17.2 Å². The second-order valence-corrected chi connectivity index (χ2v) is 10.2. The van der Waals surface area contributed by atoms with E-state index >= 15 is 0 Å². The van der Waals surface area contributed by atoms with Crippen LogP contribution < -0.4 is 4.74 Å². The largest absolute Gasteiger partial charge is 0.508 e. The molecule has 2 aliphatic heterocycles. The smallest absolute Gasteiger partial charge is 0.171 e. The molecule has 2 heterocycles. The van der Waals surface area contributed by atoms with Crippen molar-refractivity contribution in [1.82, 2.24) is 4.90 Å². The molecule has 3 aromatic rings. The first kappa shape index (κ1) is 22.8. The van der Waals surface area contributed by atoms with Crippen LogP contribution in [0.1, 0.15) is 51.9 Å². The molecule has 2 atom stereocenters. The van der Waals surface area contributed by atoms with Crippen molar-refractivity contribution in [2.75, 3.05) is 26.2 Å². The third kappa shape index (κ3) is 4.93. The summed E-state index contributed by atoms with van der Waals surface area (Å²) in [6.07, 6.45) is 3.86. The van der Waals surface area contributed by atoms with E-state index in [1.54, 1.807) is 36.0 Å². The Hall–Kier alpha value is -2.96. The third-order valence-corrected chi connectivity index (χ3v) is 8.06. The number of benzene rings is 3. The van der Waals surface area contributed by atoms with Crippen molar-refractivity contribution in [2.45, 2.75) is 35.3 Å². The first-order chi connectivity index (χ1) is 16.6. The normalized spacial score (nSPS) is 20.1. The molecule has 0 spiro atoms. The van der Waals surface area contributed by atoms with Gasteiger partial charge in [-0.25, -0.2) is 0 Å². The number of hydrogen-bond acceptors (Lipinski definition) is 6. The van der Waals surface area contributed by atoms with Crippen LogP contribution in [0.2, 0.25) is 0 Å². The van der Waals surface area contributed by atoms with E-state index in [0.29, 0.717) is 12.2 Å². The van der Waals surface area contributed by atoms with E-state index in [1.165, 1.54) is 19.3 Å². The highest BCUT2D eigenvalue weighted by molar-refractivity contribution is 8.00. The van der Waals surface area contributed by atoms with E-state index in [4.69, 9.17) is 4.74 Å². The molecular formula is C28H29NO4S. The van der Waals surface area contributed by atoms with Gasteiger partial charge in [0.15, 0.2) is 5.78 Å². The molecule has 0 bridgehead atoms. The molecule has 1 saturated heterocycles. The number of ether oxygens (including phenoxy) is 1. The number of phenols is 2. The summed E-state index contributed by atoms with van der Waals surface area (Å²) < 4.78 is 5.93. The fourth-order valence-electron chi connectivity index (χ4n) is 4.82. The summed E-state index contributed by atoms with van der Waals surface area (Å²) >= 11 is 1.58. The zero-order valence-corrected chi connectivity index (χ0v) is 19.8. The average molecular weight is 476 g/mol. The molecular weight excluding hydrogens is 446 g/mol. The summed E-state index contributed by atoms with van der Waals surface area (Å²) in [7, 11) is 0. The minimum atomic E-state index is -0.379. The van der Waals surface area contributed by atoms with Crippen LogP contribution in [0.4, 0.5) is 0 Å². The van der Waals surface area contributed by atoms with E-state index < -0.39 is 0 Å². The predicted octanol–water partition coefficient (Wildman–Crippen LogP) is 5.78. The van der Waals surface area contributed by atoms with Crippen molar-refractivity contribution in [1.29, 1.82) is 0 Å². The van der Waals surface area contributed by atoms with Crippen molar-refractivity contribution in [3.63, 3.8) is 0 Å². The fourth-order valence-corrected chi connectivity index (χ4v) is 6.32. The predicted molar refractivity (Wildman–Crippen MR) is 134 cm³/mol. The molecule has 0 aliphatic carbocycles. The Bertz CT molecular complexity index is 1140. The monoisotopic (exact) mass is 475 g/mol. The van der Waals surface area contributed by atoms with Gasteiger partial charge in [0, 0.05) is 22.3 Å². The number of aromatic hydroxyl groups is 2.